The van der Waals surface area contributed by atoms with Crippen LogP contribution in [0.2, 0.25) is 0 Å². The highest BCUT2D eigenvalue weighted by atomic mass is 16.5. The lowest BCUT2D eigenvalue weighted by Gasteiger charge is -2.22. The van der Waals surface area contributed by atoms with E-state index in [1.807, 2.05) is 70.2 Å². The Balaban J connectivity index is 2.19. The molecular formula is C26H31N3O3. The van der Waals surface area contributed by atoms with E-state index in [1.165, 1.54) is 0 Å². The van der Waals surface area contributed by atoms with E-state index in [-0.39, 0.29) is 18.1 Å². The predicted octanol–water partition coefficient (Wildman–Crippen LogP) is 5.43. The zero-order valence-electron chi connectivity index (χ0n) is 19.4. The largest absolute Gasteiger partial charge is 0.496 e. The molecule has 0 unspecified atom stereocenters. The van der Waals surface area contributed by atoms with Crippen molar-refractivity contribution in [2.24, 2.45) is 0 Å². The molecule has 0 radical (unpaired) electrons. The van der Waals surface area contributed by atoms with Crippen LogP contribution in [0.5, 0.6) is 5.75 Å². The molecule has 1 aromatic heterocycles. The van der Waals surface area contributed by atoms with Gasteiger partial charge in [0.05, 0.1) is 23.9 Å². The molecule has 0 aliphatic rings. The van der Waals surface area contributed by atoms with Crippen molar-refractivity contribution in [3.05, 3.63) is 59.8 Å². The first-order valence-electron chi connectivity index (χ1n) is 10.9. The van der Waals surface area contributed by atoms with Crippen LogP contribution in [0.3, 0.4) is 0 Å². The SMILES string of the molecule is CCCC(=O)Cc1cc2c(Nc3ccccc3)c(C(=O)NC(C)(C)C)cnc2cc1OC. The topological polar surface area (TPSA) is 80.3 Å². The maximum Gasteiger partial charge on any atom is 0.255 e. The summed E-state index contributed by atoms with van der Waals surface area (Å²) in [7, 11) is 1.59. The van der Waals surface area contributed by atoms with Gasteiger partial charge in [0.2, 0.25) is 0 Å². The van der Waals surface area contributed by atoms with E-state index in [0.717, 1.165) is 23.1 Å². The number of para-hydroxylation sites is 1. The third kappa shape index (κ3) is 5.63. The summed E-state index contributed by atoms with van der Waals surface area (Å²) >= 11 is 0. The molecule has 0 spiro atoms. The number of Topliss-reactive ketones (excluding diaryl/α,β-unsaturated/α-hetero) is 1. The van der Waals surface area contributed by atoms with Crippen molar-refractivity contribution in [3.63, 3.8) is 0 Å². The highest BCUT2D eigenvalue weighted by Crippen LogP contribution is 2.34. The molecule has 32 heavy (non-hydrogen) atoms. The third-order valence-electron chi connectivity index (χ3n) is 4.96. The van der Waals surface area contributed by atoms with Gasteiger partial charge in [0.15, 0.2) is 0 Å². The lowest BCUT2D eigenvalue weighted by atomic mass is 9.99. The Bertz CT molecular complexity index is 1120. The number of carbonyl (C=O) groups excluding carboxylic acids is 2. The highest BCUT2D eigenvalue weighted by molar-refractivity contribution is 6.08. The van der Waals surface area contributed by atoms with Crippen LogP contribution in [-0.2, 0) is 11.2 Å². The van der Waals surface area contributed by atoms with Gasteiger partial charge in [0, 0.05) is 47.3 Å². The molecule has 6 heteroatoms. The fraction of sp³-hybridized carbons (Fsp3) is 0.346. The van der Waals surface area contributed by atoms with Crippen molar-refractivity contribution >= 4 is 34.0 Å². The summed E-state index contributed by atoms with van der Waals surface area (Å²) in [5, 5.41) is 7.17. The van der Waals surface area contributed by atoms with Gasteiger partial charge in [-0.05, 0) is 45.4 Å². The van der Waals surface area contributed by atoms with Gasteiger partial charge in [-0.25, -0.2) is 0 Å². The second kappa shape index (κ2) is 9.81. The van der Waals surface area contributed by atoms with Crippen LogP contribution in [0.1, 0.15) is 56.5 Å². The minimum atomic E-state index is -0.395. The van der Waals surface area contributed by atoms with Crippen LogP contribution < -0.4 is 15.4 Å². The van der Waals surface area contributed by atoms with Crippen LogP contribution in [0.25, 0.3) is 10.9 Å². The fourth-order valence-corrected chi connectivity index (χ4v) is 3.55. The van der Waals surface area contributed by atoms with E-state index in [2.05, 4.69) is 15.6 Å². The lowest BCUT2D eigenvalue weighted by molar-refractivity contribution is -0.118. The van der Waals surface area contributed by atoms with Crippen molar-refractivity contribution in [2.75, 3.05) is 12.4 Å². The lowest BCUT2D eigenvalue weighted by Crippen LogP contribution is -2.40. The number of rotatable bonds is 8. The summed E-state index contributed by atoms with van der Waals surface area (Å²) in [4.78, 5) is 30.0. The monoisotopic (exact) mass is 433 g/mol. The minimum Gasteiger partial charge on any atom is -0.496 e. The molecule has 168 valence electrons. The summed E-state index contributed by atoms with van der Waals surface area (Å²) < 4.78 is 5.54. The number of amides is 1. The van der Waals surface area contributed by atoms with E-state index in [0.29, 0.717) is 28.9 Å². The van der Waals surface area contributed by atoms with Crippen molar-refractivity contribution in [1.82, 2.24) is 10.3 Å². The van der Waals surface area contributed by atoms with Gasteiger partial charge in [-0.2, -0.15) is 0 Å². The molecule has 0 atom stereocenters. The van der Waals surface area contributed by atoms with E-state index in [9.17, 15) is 9.59 Å². The quantitative estimate of drug-likeness (QED) is 0.495. The molecule has 6 nitrogen and oxygen atoms in total. The molecule has 2 aromatic carbocycles. The molecule has 0 saturated heterocycles. The summed E-state index contributed by atoms with van der Waals surface area (Å²) in [6.07, 6.45) is 3.17. The number of hydrogen-bond acceptors (Lipinski definition) is 5. The van der Waals surface area contributed by atoms with Crippen molar-refractivity contribution in [1.29, 1.82) is 0 Å². The fourth-order valence-electron chi connectivity index (χ4n) is 3.55. The number of aromatic nitrogens is 1. The normalized spacial score (nSPS) is 11.3. The van der Waals surface area contributed by atoms with Gasteiger partial charge < -0.3 is 15.4 Å². The van der Waals surface area contributed by atoms with E-state index in [4.69, 9.17) is 4.74 Å². The van der Waals surface area contributed by atoms with Gasteiger partial charge in [-0.15, -0.1) is 0 Å². The van der Waals surface area contributed by atoms with Crippen LogP contribution in [0.4, 0.5) is 11.4 Å². The maximum atomic E-state index is 13.1. The van der Waals surface area contributed by atoms with E-state index < -0.39 is 5.54 Å². The molecule has 0 aliphatic heterocycles. The zero-order valence-corrected chi connectivity index (χ0v) is 19.4. The maximum absolute atomic E-state index is 13.1. The first kappa shape index (κ1) is 23.3. The Labute approximate surface area is 189 Å². The molecule has 2 N–H and O–H groups in total. The number of nitrogens with one attached hydrogen (secondary N) is 2. The summed E-state index contributed by atoms with van der Waals surface area (Å²) in [5.74, 6) is 0.550. The number of hydrogen-bond donors (Lipinski definition) is 2. The van der Waals surface area contributed by atoms with Crippen molar-refractivity contribution in [3.8, 4) is 5.75 Å². The van der Waals surface area contributed by atoms with E-state index in [1.54, 1.807) is 13.3 Å². The second-order valence-corrected chi connectivity index (χ2v) is 8.89. The molecule has 3 aromatic rings. The summed E-state index contributed by atoms with van der Waals surface area (Å²) in [6.45, 7) is 7.80. The molecule has 0 fully saturated rings. The number of anilines is 2. The second-order valence-electron chi connectivity index (χ2n) is 8.89. The molecule has 0 aliphatic carbocycles. The Morgan fingerprint density at radius 1 is 1.09 bits per heavy atom. The van der Waals surface area contributed by atoms with Crippen LogP contribution in [0, 0.1) is 0 Å². The molecular weight excluding hydrogens is 402 g/mol. The number of ether oxygens (including phenoxy) is 1. The number of carbonyl (C=O) groups is 2. The Morgan fingerprint density at radius 2 is 1.81 bits per heavy atom. The minimum absolute atomic E-state index is 0.150. The highest BCUT2D eigenvalue weighted by Gasteiger charge is 2.22. The number of benzene rings is 2. The first-order chi connectivity index (χ1) is 15.2. The van der Waals surface area contributed by atoms with Gasteiger partial charge in [0.1, 0.15) is 11.5 Å². The Morgan fingerprint density at radius 3 is 2.44 bits per heavy atom. The number of nitrogens with zero attached hydrogens (tertiary/aromatic N) is 1. The van der Waals surface area contributed by atoms with Crippen LogP contribution >= 0.6 is 0 Å². The smallest absolute Gasteiger partial charge is 0.255 e. The van der Waals surface area contributed by atoms with Gasteiger partial charge in [-0.3, -0.25) is 14.6 Å². The average molecular weight is 434 g/mol. The molecule has 1 amide bonds. The average Bonchev–Trinajstić information content (AvgIpc) is 2.73. The third-order valence-corrected chi connectivity index (χ3v) is 4.96. The first-order valence-corrected chi connectivity index (χ1v) is 10.9. The number of methoxy groups -OCH3 is 1. The van der Waals surface area contributed by atoms with Gasteiger partial charge in [0.25, 0.3) is 5.91 Å². The van der Waals surface area contributed by atoms with Crippen molar-refractivity contribution in [2.45, 2.75) is 52.5 Å². The Hall–Kier alpha value is -3.41. The van der Waals surface area contributed by atoms with Gasteiger partial charge in [-0.1, -0.05) is 25.1 Å². The molecule has 0 saturated carbocycles. The molecule has 0 bridgehead atoms. The van der Waals surface area contributed by atoms with Crippen molar-refractivity contribution < 1.29 is 14.3 Å². The van der Waals surface area contributed by atoms with Crippen LogP contribution in [-0.4, -0.2) is 29.3 Å². The van der Waals surface area contributed by atoms with E-state index >= 15 is 0 Å². The molecule has 1 heterocycles. The summed E-state index contributed by atoms with van der Waals surface area (Å²) in [6, 6.07) is 13.4. The standard InChI is InChI=1S/C26H31N3O3/c1-6-10-19(30)13-17-14-20-22(15-23(17)32-5)27-16-21(25(31)29-26(2,3)4)24(20)28-18-11-8-7-9-12-18/h7-9,11-12,14-16H,6,10,13H2,1-5H3,(H,27,28)(H,29,31). The number of pyridine rings is 1. The predicted molar refractivity (Wildman–Crippen MR) is 129 cm³/mol. The molecule has 3 rings (SSSR count). The number of ketones is 1. The zero-order chi connectivity index (χ0) is 23.3. The Kier molecular flexibility index (Phi) is 7.13. The number of fused-ring (bicyclic) bond motifs is 1. The van der Waals surface area contributed by atoms with Gasteiger partial charge >= 0.3 is 0 Å². The van der Waals surface area contributed by atoms with Crippen LogP contribution in [0.15, 0.2) is 48.7 Å². The summed E-state index contributed by atoms with van der Waals surface area (Å²) in [5.41, 5.74) is 3.00.